The van der Waals surface area contributed by atoms with Crippen LogP contribution < -0.4 is 10.6 Å². The minimum Gasteiger partial charge on any atom is -0.444 e. The van der Waals surface area contributed by atoms with Crippen LogP contribution >= 0.6 is 0 Å². The van der Waals surface area contributed by atoms with Gasteiger partial charge in [-0.05, 0) is 63.3 Å². The third-order valence-electron chi connectivity index (χ3n) is 4.82. The summed E-state index contributed by atoms with van der Waals surface area (Å²) in [6.07, 6.45) is 2.08. The van der Waals surface area contributed by atoms with Crippen LogP contribution in [0.4, 0.5) is 14.9 Å². The van der Waals surface area contributed by atoms with Crippen LogP contribution in [0.5, 0.6) is 0 Å². The van der Waals surface area contributed by atoms with Crippen LogP contribution in [0, 0.1) is 5.82 Å². The van der Waals surface area contributed by atoms with Gasteiger partial charge in [0.25, 0.3) is 0 Å². The summed E-state index contributed by atoms with van der Waals surface area (Å²) >= 11 is 0. The first-order valence-corrected chi connectivity index (χ1v) is 9.03. The molecule has 1 aromatic rings. The van der Waals surface area contributed by atoms with Crippen LogP contribution in [0.1, 0.15) is 38.3 Å². The van der Waals surface area contributed by atoms with Crippen molar-refractivity contribution in [2.75, 3.05) is 31.1 Å². The summed E-state index contributed by atoms with van der Waals surface area (Å²) in [7, 11) is 0. The lowest BCUT2D eigenvalue weighted by atomic mass is 9.88. The van der Waals surface area contributed by atoms with E-state index in [2.05, 4.69) is 11.0 Å². The van der Waals surface area contributed by atoms with E-state index in [1.807, 2.05) is 20.8 Å². The number of amides is 1. The van der Waals surface area contributed by atoms with Gasteiger partial charge in [0.1, 0.15) is 11.4 Å². The third kappa shape index (κ3) is 4.24. The van der Waals surface area contributed by atoms with Gasteiger partial charge in [0, 0.05) is 37.9 Å². The average molecular weight is 349 g/mol. The molecule has 1 aliphatic carbocycles. The van der Waals surface area contributed by atoms with E-state index in [0.717, 1.165) is 29.7 Å². The maximum absolute atomic E-state index is 14.5. The monoisotopic (exact) mass is 349 g/mol. The number of ether oxygens (including phenoxy) is 1. The van der Waals surface area contributed by atoms with Crippen molar-refractivity contribution >= 4 is 11.8 Å². The van der Waals surface area contributed by atoms with Crippen molar-refractivity contribution in [3.05, 3.63) is 29.1 Å². The molecule has 1 fully saturated rings. The second-order valence-corrected chi connectivity index (χ2v) is 8.02. The Hall–Kier alpha value is -1.82. The molecule has 0 saturated carbocycles. The molecule has 3 rings (SSSR count). The molecular formula is C19H28FN3O2. The molecule has 0 spiro atoms. The molecule has 6 heteroatoms. The van der Waals surface area contributed by atoms with E-state index in [0.29, 0.717) is 32.6 Å². The molecule has 25 heavy (non-hydrogen) atoms. The largest absolute Gasteiger partial charge is 0.444 e. The van der Waals surface area contributed by atoms with Crippen molar-refractivity contribution in [2.24, 2.45) is 5.73 Å². The summed E-state index contributed by atoms with van der Waals surface area (Å²) in [5, 5.41) is 0. The van der Waals surface area contributed by atoms with Crippen molar-refractivity contribution in [2.45, 2.75) is 51.7 Å². The molecule has 0 radical (unpaired) electrons. The highest BCUT2D eigenvalue weighted by Crippen LogP contribution is 2.29. The molecule has 0 bridgehead atoms. The van der Waals surface area contributed by atoms with E-state index in [9.17, 15) is 9.18 Å². The van der Waals surface area contributed by atoms with E-state index >= 15 is 0 Å². The van der Waals surface area contributed by atoms with E-state index in [-0.39, 0.29) is 18.0 Å². The summed E-state index contributed by atoms with van der Waals surface area (Å²) in [5.74, 6) is -0.155. The number of hydrogen-bond acceptors (Lipinski definition) is 4. The highest BCUT2D eigenvalue weighted by atomic mass is 19.1. The van der Waals surface area contributed by atoms with Crippen LogP contribution in [0.25, 0.3) is 0 Å². The lowest BCUT2D eigenvalue weighted by Gasteiger charge is -2.37. The van der Waals surface area contributed by atoms with E-state index in [1.54, 1.807) is 11.0 Å². The number of aryl methyl sites for hydroxylation is 1. The number of halogens is 1. The van der Waals surface area contributed by atoms with Crippen molar-refractivity contribution in [1.29, 1.82) is 0 Å². The van der Waals surface area contributed by atoms with Crippen LogP contribution in [0.3, 0.4) is 0 Å². The van der Waals surface area contributed by atoms with Crippen molar-refractivity contribution in [1.82, 2.24) is 4.90 Å². The Morgan fingerprint density at radius 1 is 1.24 bits per heavy atom. The minimum atomic E-state index is -0.489. The summed E-state index contributed by atoms with van der Waals surface area (Å²) in [4.78, 5) is 16.0. The highest BCUT2D eigenvalue weighted by molar-refractivity contribution is 5.68. The Labute approximate surface area is 148 Å². The molecule has 5 nitrogen and oxygen atoms in total. The standard InChI is InChI=1S/C19H28FN3O2/c1-19(2,3)25-18(24)23-8-6-22(7-9-23)15-10-13-4-5-14(21)11-16(13)17(20)12-15/h10,12,14H,4-9,11,21H2,1-3H3. The zero-order valence-corrected chi connectivity index (χ0v) is 15.3. The Balaban J connectivity index is 1.65. The average Bonchev–Trinajstić information content (AvgIpc) is 2.54. The van der Waals surface area contributed by atoms with E-state index < -0.39 is 5.60 Å². The summed E-state index contributed by atoms with van der Waals surface area (Å²) < 4.78 is 19.9. The SMILES string of the molecule is CC(C)(C)OC(=O)N1CCN(c2cc(F)c3c(c2)CCC(N)C3)CC1. The number of carbonyl (C=O) groups excluding carboxylic acids is 1. The Morgan fingerprint density at radius 2 is 1.92 bits per heavy atom. The molecule has 1 heterocycles. The zero-order valence-electron chi connectivity index (χ0n) is 15.3. The summed E-state index contributed by atoms with van der Waals surface area (Å²) in [6, 6.07) is 3.76. The molecular weight excluding hydrogens is 321 g/mol. The third-order valence-corrected chi connectivity index (χ3v) is 4.82. The van der Waals surface area contributed by atoms with Gasteiger partial charge in [0.15, 0.2) is 0 Å². The lowest BCUT2D eigenvalue weighted by Crippen LogP contribution is -2.50. The molecule has 138 valence electrons. The fourth-order valence-electron chi connectivity index (χ4n) is 3.49. The number of carbonyl (C=O) groups is 1. The molecule has 1 aromatic carbocycles. The topological polar surface area (TPSA) is 58.8 Å². The van der Waals surface area contributed by atoms with E-state index in [4.69, 9.17) is 10.5 Å². The first-order valence-electron chi connectivity index (χ1n) is 9.03. The number of nitrogens with two attached hydrogens (primary N) is 1. The molecule has 1 amide bonds. The number of rotatable bonds is 1. The first kappa shape index (κ1) is 18.0. The summed E-state index contributed by atoms with van der Waals surface area (Å²) in [5.41, 5.74) is 8.22. The predicted octanol–water partition coefficient (Wildman–Crippen LogP) is 2.70. The smallest absolute Gasteiger partial charge is 0.410 e. The minimum absolute atomic E-state index is 0.0604. The second-order valence-electron chi connectivity index (χ2n) is 8.02. The van der Waals surface area contributed by atoms with Gasteiger partial charge in [0.2, 0.25) is 0 Å². The van der Waals surface area contributed by atoms with Gasteiger partial charge in [-0.3, -0.25) is 0 Å². The molecule has 2 N–H and O–H groups in total. The number of fused-ring (bicyclic) bond motifs is 1. The Kier molecular flexibility index (Phi) is 4.91. The van der Waals surface area contributed by atoms with Gasteiger partial charge in [-0.2, -0.15) is 0 Å². The van der Waals surface area contributed by atoms with Crippen molar-refractivity contribution in [3.8, 4) is 0 Å². The highest BCUT2D eigenvalue weighted by Gasteiger charge is 2.27. The maximum Gasteiger partial charge on any atom is 0.410 e. The lowest BCUT2D eigenvalue weighted by molar-refractivity contribution is 0.0240. The van der Waals surface area contributed by atoms with Crippen molar-refractivity contribution < 1.29 is 13.9 Å². The van der Waals surface area contributed by atoms with Crippen molar-refractivity contribution in [3.63, 3.8) is 0 Å². The van der Waals surface area contributed by atoms with Gasteiger partial charge in [-0.15, -0.1) is 0 Å². The number of nitrogens with zero attached hydrogens (tertiary/aromatic N) is 2. The van der Waals surface area contributed by atoms with Crippen LogP contribution in [0.15, 0.2) is 12.1 Å². The zero-order chi connectivity index (χ0) is 18.2. The maximum atomic E-state index is 14.5. The first-order chi connectivity index (χ1) is 11.7. The molecule has 1 unspecified atom stereocenters. The van der Waals surface area contributed by atoms with Gasteiger partial charge in [-0.1, -0.05) is 0 Å². The summed E-state index contributed by atoms with van der Waals surface area (Å²) in [6.45, 7) is 8.11. The number of benzene rings is 1. The van der Waals surface area contributed by atoms with Crippen LogP contribution in [0.2, 0.25) is 0 Å². The molecule has 1 atom stereocenters. The molecule has 0 aromatic heterocycles. The van der Waals surface area contributed by atoms with Crippen LogP contribution in [-0.4, -0.2) is 48.8 Å². The fraction of sp³-hybridized carbons (Fsp3) is 0.632. The Bertz CT molecular complexity index is 649. The van der Waals surface area contributed by atoms with Gasteiger partial charge in [0.05, 0.1) is 0 Å². The van der Waals surface area contributed by atoms with E-state index in [1.165, 1.54) is 0 Å². The molecule has 1 saturated heterocycles. The Morgan fingerprint density at radius 3 is 2.56 bits per heavy atom. The molecule has 2 aliphatic rings. The van der Waals surface area contributed by atoms with Gasteiger partial charge < -0.3 is 20.3 Å². The normalized spacial score (nSPS) is 21.1. The van der Waals surface area contributed by atoms with Gasteiger partial charge >= 0.3 is 6.09 Å². The number of hydrogen-bond donors (Lipinski definition) is 1. The van der Waals surface area contributed by atoms with Gasteiger partial charge in [-0.25, -0.2) is 9.18 Å². The fourth-order valence-corrected chi connectivity index (χ4v) is 3.49. The molecule has 1 aliphatic heterocycles. The second kappa shape index (κ2) is 6.83. The number of anilines is 1. The van der Waals surface area contributed by atoms with Crippen LogP contribution in [-0.2, 0) is 17.6 Å². The quantitative estimate of drug-likeness (QED) is 0.847. The predicted molar refractivity (Wildman–Crippen MR) is 96.4 cm³/mol. The number of piperazine rings is 1.